The Balaban J connectivity index is 1.75. The van der Waals surface area contributed by atoms with E-state index in [1.54, 1.807) is 6.07 Å². The summed E-state index contributed by atoms with van der Waals surface area (Å²) in [5, 5.41) is 0.298. The first-order valence-corrected chi connectivity index (χ1v) is 9.88. The van der Waals surface area contributed by atoms with Crippen LogP contribution in [-0.2, 0) is 10.3 Å². The van der Waals surface area contributed by atoms with Crippen LogP contribution in [0.1, 0.15) is 39.1 Å². The first-order valence-electron chi connectivity index (χ1n) is 9.12. The zero-order chi connectivity index (χ0) is 19.3. The van der Waals surface area contributed by atoms with Gasteiger partial charge in [0.15, 0.2) is 0 Å². The fourth-order valence-corrected chi connectivity index (χ4v) is 4.97. The highest BCUT2D eigenvalue weighted by Crippen LogP contribution is 2.66. The standard InChI is InChI=1S/C24H16Cl2O2/c25-20-21(27)17-13-7-8-14-18(17)24(23(20)26)19(15-9-3-1-4-10-15)22(28-24)16-11-5-2-6-12-16/h1-14,19,22H/t19-,22-,24+/m0/s1. The van der Waals surface area contributed by atoms with E-state index >= 15 is 0 Å². The van der Waals surface area contributed by atoms with Crippen LogP contribution in [0, 0.1) is 0 Å². The normalized spacial score (nSPS) is 26.1. The van der Waals surface area contributed by atoms with Crippen LogP contribution in [-0.4, -0.2) is 5.78 Å². The number of ether oxygens (including phenoxy) is 1. The number of allylic oxidation sites excluding steroid dienone is 1. The molecule has 1 aliphatic carbocycles. The van der Waals surface area contributed by atoms with Crippen LogP contribution in [0.25, 0.3) is 0 Å². The molecule has 0 N–H and O–H groups in total. The van der Waals surface area contributed by atoms with Crippen molar-refractivity contribution in [3.63, 3.8) is 0 Å². The third-order valence-corrected chi connectivity index (χ3v) is 6.56. The van der Waals surface area contributed by atoms with Crippen LogP contribution in [0.4, 0.5) is 0 Å². The summed E-state index contributed by atoms with van der Waals surface area (Å²) in [5.41, 5.74) is 2.51. The molecule has 5 rings (SSSR count). The summed E-state index contributed by atoms with van der Waals surface area (Å²) in [6.07, 6.45) is -0.192. The molecule has 0 saturated carbocycles. The molecule has 1 spiro atoms. The average molecular weight is 407 g/mol. The maximum atomic E-state index is 12.7. The second-order valence-corrected chi connectivity index (χ2v) is 7.83. The van der Waals surface area contributed by atoms with Crippen LogP contribution in [0.2, 0.25) is 0 Å². The first kappa shape index (κ1) is 17.7. The molecule has 2 aliphatic rings. The largest absolute Gasteiger partial charge is 0.355 e. The van der Waals surface area contributed by atoms with Crippen molar-refractivity contribution in [1.29, 1.82) is 0 Å². The van der Waals surface area contributed by atoms with Gasteiger partial charge in [0.2, 0.25) is 5.78 Å². The zero-order valence-electron chi connectivity index (χ0n) is 14.8. The highest BCUT2D eigenvalue weighted by Gasteiger charge is 2.62. The molecule has 1 saturated heterocycles. The predicted molar refractivity (Wildman–Crippen MR) is 111 cm³/mol. The number of rotatable bonds is 2. The number of hydrogen-bond acceptors (Lipinski definition) is 2. The summed E-state index contributed by atoms with van der Waals surface area (Å²) >= 11 is 13.2. The summed E-state index contributed by atoms with van der Waals surface area (Å²) in [7, 11) is 0. The average Bonchev–Trinajstić information content (AvgIpc) is 2.73. The van der Waals surface area contributed by atoms with Crippen molar-refractivity contribution in [2.45, 2.75) is 17.6 Å². The van der Waals surface area contributed by atoms with E-state index in [0.717, 1.165) is 16.7 Å². The molecule has 1 fully saturated rings. The van der Waals surface area contributed by atoms with E-state index in [0.29, 0.717) is 5.56 Å². The molecule has 3 aromatic rings. The number of carbonyl (C=O) groups excluding carboxylic acids is 1. The third kappa shape index (κ3) is 2.35. The van der Waals surface area contributed by atoms with Gasteiger partial charge in [-0.1, -0.05) is 108 Å². The molecular weight excluding hydrogens is 391 g/mol. The Kier molecular flexibility index (Phi) is 4.17. The minimum absolute atomic E-state index is 0.0350. The van der Waals surface area contributed by atoms with Crippen molar-refractivity contribution in [3.8, 4) is 0 Å². The predicted octanol–water partition coefficient (Wildman–Crippen LogP) is 6.32. The Labute approximate surface area is 173 Å². The summed E-state index contributed by atoms with van der Waals surface area (Å²) < 4.78 is 6.55. The fourth-order valence-electron chi connectivity index (χ4n) is 4.38. The van der Waals surface area contributed by atoms with Crippen LogP contribution < -0.4 is 0 Å². The zero-order valence-corrected chi connectivity index (χ0v) is 16.3. The second kappa shape index (κ2) is 6.59. The fraction of sp³-hybridized carbons (Fsp3) is 0.125. The van der Waals surface area contributed by atoms with Crippen molar-refractivity contribution in [1.82, 2.24) is 0 Å². The van der Waals surface area contributed by atoms with E-state index in [9.17, 15) is 4.79 Å². The number of halogens is 2. The number of fused-ring (bicyclic) bond motifs is 2. The summed E-state index contributed by atoms with van der Waals surface area (Å²) in [5.74, 6) is -0.363. The van der Waals surface area contributed by atoms with Gasteiger partial charge in [-0.05, 0) is 11.1 Å². The minimum Gasteiger partial charge on any atom is -0.355 e. The number of ketones is 1. The highest BCUT2D eigenvalue weighted by atomic mass is 35.5. The third-order valence-electron chi connectivity index (χ3n) is 5.63. The Hall–Kier alpha value is -2.39. The van der Waals surface area contributed by atoms with Gasteiger partial charge in [-0.25, -0.2) is 0 Å². The molecule has 0 unspecified atom stereocenters. The Bertz CT molecular complexity index is 1090. The van der Waals surface area contributed by atoms with Crippen molar-refractivity contribution < 1.29 is 9.53 Å². The van der Waals surface area contributed by atoms with E-state index in [2.05, 4.69) is 12.1 Å². The summed E-state index contributed by atoms with van der Waals surface area (Å²) in [6.45, 7) is 0. The van der Waals surface area contributed by atoms with Crippen molar-refractivity contribution in [3.05, 3.63) is 117 Å². The monoisotopic (exact) mass is 406 g/mol. The van der Waals surface area contributed by atoms with Crippen molar-refractivity contribution in [2.24, 2.45) is 0 Å². The SMILES string of the molecule is O=C1C(Cl)=C(Cl)[C@@]2(O[C@@H](c3ccccc3)[C@@H]2c2ccccc2)c2ccccc21. The van der Waals surface area contributed by atoms with E-state index in [-0.39, 0.29) is 27.9 Å². The van der Waals surface area contributed by atoms with Crippen molar-refractivity contribution >= 4 is 29.0 Å². The van der Waals surface area contributed by atoms with E-state index in [1.807, 2.05) is 66.7 Å². The smallest absolute Gasteiger partial charge is 0.206 e. The molecule has 1 aliphatic heterocycles. The first-order chi connectivity index (χ1) is 13.6. The van der Waals surface area contributed by atoms with Gasteiger partial charge in [0, 0.05) is 11.1 Å². The van der Waals surface area contributed by atoms with Gasteiger partial charge in [-0.3, -0.25) is 4.79 Å². The van der Waals surface area contributed by atoms with E-state index in [4.69, 9.17) is 27.9 Å². The molecule has 0 amide bonds. The van der Waals surface area contributed by atoms with Gasteiger partial charge in [0.25, 0.3) is 0 Å². The molecule has 4 heteroatoms. The van der Waals surface area contributed by atoms with Gasteiger partial charge in [0.1, 0.15) is 10.6 Å². The molecule has 1 heterocycles. The molecular formula is C24H16Cl2O2. The van der Waals surface area contributed by atoms with Crippen LogP contribution in [0.3, 0.4) is 0 Å². The van der Waals surface area contributed by atoms with Gasteiger partial charge >= 0.3 is 0 Å². The van der Waals surface area contributed by atoms with Crippen molar-refractivity contribution in [2.75, 3.05) is 0 Å². The molecule has 3 atom stereocenters. The van der Waals surface area contributed by atoms with Crippen LogP contribution in [0.5, 0.6) is 0 Å². The van der Waals surface area contributed by atoms with Gasteiger partial charge in [-0.2, -0.15) is 0 Å². The molecule has 138 valence electrons. The van der Waals surface area contributed by atoms with E-state index in [1.165, 1.54) is 0 Å². The van der Waals surface area contributed by atoms with Crippen LogP contribution in [0.15, 0.2) is 95.0 Å². The summed E-state index contributed by atoms with van der Waals surface area (Å²) in [6, 6.07) is 27.6. The Morgan fingerprint density at radius 2 is 1.32 bits per heavy atom. The number of hydrogen-bond donors (Lipinski definition) is 0. The maximum Gasteiger partial charge on any atom is 0.206 e. The lowest BCUT2D eigenvalue weighted by atomic mass is 9.64. The second-order valence-electron chi connectivity index (χ2n) is 7.08. The Morgan fingerprint density at radius 1 is 0.750 bits per heavy atom. The molecule has 0 radical (unpaired) electrons. The topological polar surface area (TPSA) is 26.3 Å². The molecule has 28 heavy (non-hydrogen) atoms. The lowest BCUT2D eigenvalue weighted by Gasteiger charge is -2.57. The Morgan fingerprint density at radius 3 is 2.00 bits per heavy atom. The molecule has 3 aromatic carbocycles. The van der Waals surface area contributed by atoms with Gasteiger partial charge in [0.05, 0.1) is 17.1 Å². The van der Waals surface area contributed by atoms with Gasteiger partial charge < -0.3 is 4.74 Å². The van der Waals surface area contributed by atoms with Gasteiger partial charge in [-0.15, -0.1) is 0 Å². The summed E-state index contributed by atoms with van der Waals surface area (Å²) in [4.78, 5) is 12.7. The number of benzene rings is 3. The molecule has 0 bridgehead atoms. The van der Waals surface area contributed by atoms with Crippen LogP contribution >= 0.6 is 23.2 Å². The number of carbonyl (C=O) groups is 1. The lowest BCUT2D eigenvalue weighted by Crippen LogP contribution is -2.54. The quantitative estimate of drug-likeness (QED) is 0.497. The lowest BCUT2D eigenvalue weighted by molar-refractivity contribution is -0.215. The molecule has 2 nitrogen and oxygen atoms in total. The highest BCUT2D eigenvalue weighted by molar-refractivity contribution is 6.51. The minimum atomic E-state index is -0.967. The molecule has 0 aromatic heterocycles. The number of Topliss-reactive ketones (excluding diaryl/α,β-unsaturated/α-hetero) is 1. The van der Waals surface area contributed by atoms with E-state index < -0.39 is 5.60 Å². The maximum absolute atomic E-state index is 12.7.